The number of likely N-dealkylation sites (tertiary alicyclic amines) is 1. The summed E-state index contributed by atoms with van der Waals surface area (Å²) in [6.45, 7) is 3.29. The summed E-state index contributed by atoms with van der Waals surface area (Å²) >= 11 is 0. The summed E-state index contributed by atoms with van der Waals surface area (Å²) in [7, 11) is 0. The summed E-state index contributed by atoms with van der Waals surface area (Å²) in [5.74, 6) is -0.129. The van der Waals surface area contributed by atoms with Gasteiger partial charge in [-0.25, -0.2) is 4.98 Å². The molecule has 1 atom stereocenters. The normalized spacial score (nSPS) is 22.3. The molecule has 1 saturated heterocycles. The maximum atomic E-state index is 13.2. The predicted molar refractivity (Wildman–Crippen MR) is 101 cm³/mol. The molecule has 4 rings (SSSR count). The number of aliphatic carboxylic acids is 1. The van der Waals surface area contributed by atoms with E-state index in [2.05, 4.69) is 4.57 Å². The zero-order valence-electron chi connectivity index (χ0n) is 15.6. The lowest BCUT2D eigenvalue weighted by Gasteiger charge is -2.20. The monoisotopic (exact) mass is 367 g/mol. The number of hydrogen-bond donors (Lipinski definition) is 1. The second-order valence-electron chi connectivity index (χ2n) is 7.90. The lowest BCUT2D eigenvalue weighted by Crippen LogP contribution is -2.35. The minimum atomic E-state index is -0.866. The van der Waals surface area contributed by atoms with E-state index in [1.54, 1.807) is 11.8 Å². The van der Waals surface area contributed by atoms with Crippen LogP contribution in [0.2, 0.25) is 0 Å². The van der Waals surface area contributed by atoms with Gasteiger partial charge in [-0.2, -0.15) is 0 Å². The maximum absolute atomic E-state index is 13.2. The van der Waals surface area contributed by atoms with Gasteiger partial charge in [0, 0.05) is 25.2 Å². The molecule has 2 aliphatic heterocycles. The number of fused-ring (bicyclic) bond motifs is 1. The standard InChI is InChI=1S/C21H25N3O3/c1-21(20(26)27)11-13-23(14-21)19(25)17-16-10-6-3-7-12-24(16)18(22-17)15-8-4-2-5-9-15/h2,4-5,8-9H,3,6-7,10-14H2,1H3,(H,26,27). The Kier molecular flexibility index (Phi) is 4.50. The van der Waals surface area contributed by atoms with Crippen molar-refractivity contribution in [1.29, 1.82) is 0 Å². The van der Waals surface area contributed by atoms with Gasteiger partial charge >= 0.3 is 5.97 Å². The first-order chi connectivity index (χ1) is 13.0. The molecule has 3 heterocycles. The average molecular weight is 367 g/mol. The molecule has 1 aromatic heterocycles. The Morgan fingerprint density at radius 1 is 1.11 bits per heavy atom. The van der Waals surface area contributed by atoms with Gasteiger partial charge in [-0.1, -0.05) is 36.8 Å². The summed E-state index contributed by atoms with van der Waals surface area (Å²) in [4.78, 5) is 31.2. The molecule has 142 valence electrons. The fourth-order valence-electron chi connectivity index (χ4n) is 4.16. The molecule has 0 spiro atoms. The topological polar surface area (TPSA) is 75.4 Å². The average Bonchev–Trinajstić information content (AvgIpc) is 3.16. The Morgan fingerprint density at radius 2 is 1.89 bits per heavy atom. The van der Waals surface area contributed by atoms with Gasteiger partial charge in [0.1, 0.15) is 11.5 Å². The third-order valence-corrected chi connectivity index (χ3v) is 5.88. The van der Waals surface area contributed by atoms with Crippen LogP contribution in [0.15, 0.2) is 30.3 Å². The molecule has 0 saturated carbocycles. The number of benzene rings is 1. The predicted octanol–water partition coefficient (Wildman–Crippen LogP) is 3.21. The molecular weight excluding hydrogens is 342 g/mol. The Labute approximate surface area is 158 Å². The summed E-state index contributed by atoms with van der Waals surface area (Å²) in [6, 6.07) is 9.97. The molecule has 1 aromatic carbocycles. The van der Waals surface area contributed by atoms with E-state index in [4.69, 9.17) is 4.98 Å². The minimum Gasteiger partial charge on any atom is -0.481 e. The lowest BCUT2D eigenvalue weighted by atomic mass is 9.90. The van der Waals surface area contributed by atoms with E-state index in [1.807, 2.05) is 30.3 Å². The van der Waals surface area contributed by atoms with Crippen LogP contribution in [0.1, 0.15) is 48.8 Å². The summed E-state index contributed by atoms with van der Waals surface area (Å²) in [6.07, 6.45) is 4.59. The molecule has 6 nitrogen and oxygen atoms in total. The molecule has 0 aliphatic carbocycles. The van der Waals surface area contributed by atoms with Crippen molar-refractivity contribution in [1.82, 2.24) is 14.5 Å². The van der Waals surface area contributed by atoms with Crippen LogP contribution in [-0.2, 0) is 17.8 Å². The zero-order chi connectivity index (χ0) is 19.0. The van der Waals surface area contributed by atoms with Crippen molar-refractivity contribution in [3.05, 3.63) is 41.7 Å². The Hall–Kier alpha value is -2.63. The van der Waals surface area contributed by atoms with E-state index in [0.29, 0.717) is 18.7 Å². The molecule has 6 heteroatoms. The largest absolute Gasteiger partial charge is 0.481 e. The highest BCUT2D eigenvalue weighted by Gasteiger charge is 2.43. The highest BCUT2D eigenvalue weighted by atomic mass is 16.4. The number of rotatable bonds is 3. The smallest absolute Gasteiger partial charge is 0.311 e. The van der Waals surface area contributed by atoms with Crippen LogP contribution in [0.3, 0.4) is 0 Å². The number of amides is 1. The molecular formula is C21H25N3O3. The van der Waals surface area contributed by atoms with Crippen molar-refractivity contribution in [3.8, 4) is 11.4 Å². The van der Waals surface area contributed by atoms with Crippen molar-refractivity contribution in [2.75, 3.05) is 13.1 Å². The number of carbonyl (C=O) groups excluding carboxylic acids is 1. The number of aromatic nitrogens is 2. The molecule has 1 N–H and O–H groups in total. The number of carbonyl (C=O) groups is 2. The van der Waals surface area contributed by atoms with Gasteiger partial charge in [0.25, 0.3) is 5.91 Å². The Bertz CT molecular complexity index is 874. The summed E-state index contributed by atoms with van der Waals surface area (Å²) < 4.78 is 2.20. The quantitative estimate of drug-likeness (QED) is 0.904. The molecule has 2 aromatic rings. The van der Waals surface area contributed by atoms with Crippen molar-refractivity contribution < 1.29 is 14.7 Å². The van der Waals surface area contributed by atoms with Crippen LogP contribution in [0.5, 0.6) is 0 Å². The first-order valence-corrected chi connectivity index (χ1v) is 9.67. The van der Waals surface area contributed by atoms with Crippen LogP contribution in [-0.4, -0.2) is 44.5 Å². The molecule has 1 unspecified atom stereocenters. The minimum absolute atomic E-state index is 0.132. The van der Waals surface area contributed by atoms with E-state index in [0.717, 1.165) is 49.3 Å². The fourth-order valence-corrected chi connectivity index (χ4v) is 4.16. The van der Waals surface area contributed by atoms with Gasteiger partial charge in [0.05, 0.1) is 11.1 Å². The molecule has 0 radical (unpaired) electrons. The molecule has 0 bridgehead atoms. The Morgan fingerprint density at radius 3 is 2.59 bits per heavy atom. The van der Waals surface area contributed by atoms with Gasteiger partial charge in [-0.05, 0) is 32.6 Å². The molecule has 27 heavy (non-hydrogen) atoms. The fraction of sp³-hybridized carbons (Fsp3) is 0.476. The van der Waals surface area contributed by atoms with Crippen molar-refractivity contribution >= 4 is 11.9 Å². The van der Waals surface area contributed by atoms with Crippen LogP contribution < -0.4 is 0 Å². The molecule has 1 fully saturated rings. The first kappa shape index (κ1) is 17.8. The van der Waals surface area contributed by atoms with Crippen LogP contribution in [0.25, 0.3) is 11.4 Å². The summed E-state index contributed by atoms with van der Waals surface area (Å²) in [5.41, 5.74) is 1.65. The Balaban J connectivity index is 1.72. The number of hydrogen-bond acceptors (Lipinski definition) is 3. The van der Waals surface area contributed by atoms with Crippen molar-refractivity contribution in [2.45, 2.75) is 45.6 Å². The highest BCUT2D eigenvalue weighted by Crippen LogP contribution is 2.33. The molecule has 1 amide bonds. The van der Waals surface area contributed by atoms with Crippen LogP contribution in [0, 0.1) is 5.41 Å². The number of carboxylic acid groups (broad SMARTS) is 1. The van der Waals surface area contributed by atoms with E-state index in [-0.39, 0.29) is 12.5 Å². The third-order valence-electron chi connectivity index (χ3n) is 5.88. The maximum Gasteiger partial charge on any atom is 0.311 e. The number of nitrogens with zero attached hydrogens (tertiary/aromatic N) is 3. The number of imidazole rings is 1. The van der Waals surface area contributed by atoms with Gasteiger partial charge in [-0.3, -0.25) is 9.59 Å². The van der Waals surface area contributed by atoms with E-state index in [9.17, 15) is 14.7 Å². The van der Waals surface area contributed by atoms with E-state index < -0.39 is 11.4 Å². The van der Waals surface area contributed by atoms with E-state index in [1.165, 1.54) is 0 Å². The van der Waals surface area contributed by atoms with Crippen molar-refractivity contribution in [3.63, 3.8) is 0 Å². The SMILES string of the molecule is CC1(C(=O)O)CCN(C(=O)c2nc(-c3ccccc3)n3c2CCCCC3)C1. The van der Waals surface area contributed by atoms with Gasteiger partial charge in [0.15, 0.2) is 0 Å². The first-order valence-electron chi connectivity index (χ1n) is 9.67. The van der Waals surface area contributed by atoms with E-state index >= 15 is 0 Å². The summed E-state index contributed by atoms with van der Waals surface area (Å²) in [5, 5.41) is 9.47. The third kappa shape index (κ3) is 3.13. The lowest BCUT2D eigenvalue weighted by molar-refractivity contribution is -0.147. The van der Waals surface area contributed by atoms with Crippen LogP contribution in [0.4, 0.5) is 0 Å². The van der Waals surface area contributed by atoms with Gasteiger partial charge in [-0.15, -0.1) is 0 Å². The second-order valence-corrected chi connectivity index (χ2v) is 7.90. The van der Waals surface area contributed by atoms with Crippen molar-refractivity contribution in [2.24, 2.45) is 5.41 Å². The highest BCUT2D eigenvalue weighted by molar-refractivity contribution is 5.95. The zero-order valence-corrected chi connectivity index (χ0v) is 15.6. The number of carboxylic acids is 1. The van der Waals surface area contributed by atoms with Crippen LogP contribution >= 0.6 is 0 Å². The van der Waals surface area contributed by atoms with Gasteiger partial charge < -0.3 is 14.6 Å². The second kappa shape index (κ2) is 6.83. The van der Waals surface area contributed by atoms with Gasteiger partial charge in [0.2, 0.25) is 0 Å². The molecule has 2 aliphatic rings.